The fraction of sp³-hybridized carbons (Fsp3) is 1.00. The van der Waals surface area contributed by atoms with Crippen molar-refractivity contribution in [1.82, 2.24) is 0 Å². The Kier molecular flexibility index (Phi) is 2.11. The maximum atomic E-state index is 9.24. The lowest BCUT2D eigenvalue weighted by molar-refractivity contribution is -0.166. The highest BCUT2D eigenvalue weighted by molar-refractivity contribution is 4.81. The summed E-state index contributed by atoms with van der Waals surface area (Å²) in [4.78, 5) is 0. The molecular formula is C8H14O3. The Bertz CT molecular complexity index is 137. The van der Waals surface area contributed by atoms with Crippen molar-refractivity contribution >= 4 is 0 Å². The maximum absolute atomic E-state index is 9.24. The number of aliphatic hydroxyl groups is 1. The van der Waals surface area contributed by atoms with Crippen molar-refractivity contribution in [3.05, 3.63) is 0 Å². The van der Waals surface area contributed by atoms with Crippen LogP contribution in [0.4, 0.5) is 0 Å². The quantitative estimate of drug-likeness (QED) is 0.551. The van der Waals surface area contributed by atoms with Crippen LogP contribution in [0.25, 0.3) is 0 Å². The molecular weight excluding hydrogens is 144 g/mol. The van der Waals surface area contributed by atoms with Gasteiger partial charge in [0.05, 0.1) is 24.9 Å². The van der Waals surface area contributed by atoms with Crippen molar-refractivity contribution in [2.45, 2.75) is 37.6 Å². The molecule has 3 unspecified atom stereocenters. The van der Waals surface area contributed by atoms with E-state index < -0.39 is 0 Å². The monoisotopic (exact) mass is 158 g/mol. The van der Waals surface area contributed by atoms with E-state index in [0.29, 0.717) is 6.61 Å². The normalized spacial score (nSPS) is 45.0. The van der Waals surface area contributed by atoms with Crippen LogP contribution < -0.4 is 0 Å². The molecule has 0 saturated carbocycles. The third-order valence-corrected chi connectivity index (χ3v) is 2.39. The van der Waals surface area contributed by atoms with E-state index in [1.165, 1.54) is 0 Å². The Hall–Kier alpha value is -0.120. The third kappa shape index (κ3) is 1.55. The van der Waals surface area contributed by atoms with Crippen LogP contribution in [0.3, 0.4) is 0 Å². The van der Waals surface area contributed by atoms with Gasteiger partial charge < -0.3 is 14.6 Å². The second-order valence-electron chi connectivity index (χ2n) is 3.31. The fourth-order valence-corrected chi connectivity index (χ4v) is 1.79. The summed E-state index contributed by atoms with van der Waals surface area (Å²) < 4.78 is 10.9. The topological polar surface area (TPSA) is 38.7 Å². The Balaban J connectivity index is 1.93. The van der Waals surface area contributed by atoms with Gasteiger partial charge in [0, 0.05) is 13.0 Å². The van der Waals surface area contributed by atoms with Gasteiger partial charge in [0.2, 0.25) is 0 Å². The fourth-order valence-electron chi connectivity index (χ4n) is 1.79. The van der Waals surface area contributed by atoms with E-state index in [2.05, 4.69) is 0 Å². The molecule has 1 N–H and O–H groups in total. The van der Waals surface area contributed by atoms with Gasteiger partial charge in [-0.15, -0.1) is 0 Å². The second-order valence-corrected chi connectivity index (χ2v) is 3.31. The molecule has 2 aliphatic rings. The van der Waals surface area contributed by atoms with Crippen LogP contribution >= 0.6 is 0 Å². The molecule has 3 heteroatoms. The van der Waals surface area contributed by atoms with Gasteiger partial charge in [-0.2, -0.15) is 0 Å². The maximum Gasteiger partial charge on any atom is 0.0862 e. The smallest absolute Gasteiger partial charge is 0.0862 e. The van der Waals surface area contributed by atoms with Crippen LogP contribution in [0, 0.1) is 0 Å². The van der Waals surface area contributed by atoms with Crippen LogP contribution in [0.15, 0.2) is 0 Å². The molecule has 2 rings (SSSR count). The van der Waals surface area contributed by atoms with E-state index in [0.717, 1.165) is 25.9 Å². The van der Waals surface area contributed by atoms with Crippen molar-refractivity contribution in [1.29, 1.82) is 0 Å². The van der Waals surface area contributed by atoms with E-state index in [-0.39, 0.29) is 18.3 Å². The van der Waals surface area contributed by atoms with E-state index >= 15 is 0 Å². The number of hydrogen-bond acceptors (Lipinski definition) is 3. The van der Waals surface area contributed by atoms with Crippen LogP contribution in [-0.2, 0) is 9.47 Å². The van der Waals surface area contributed by atoms with Crippen molar-refractivity contribution in [2.75, 3.05) is 13.2 Å². The van der Waals surface area contributed by atoms with Crippen molar-refractivity contribution in [2.24, 2.45) is 0 Å². The first-order valence-corrected chi connectivity index (χ1v) is 4.27. The number of ether oxygens (including phenoxy) is 2. The number of hydrogen-bond donors (Lipinski definition) is 1. The molecule has 3 nitrogen and oxygen atoms in total. The largest absolute Gasteiger partial charge is 0.391 e. The second kappa shape index (κ2) is 3.09. The summed E-state index contributed by atoms with van der Waals surface area (Å²) in [5, 5.41) is 9.24. The predicted molar refractivity (Wildman–Crippen MR) is 39.3 cm³/mol. The highest BCUT2D eigenvalue weighted by Gasteiger charge is 2.33. The molecule has 0 aromatic heterocycles. The van der Waals surface area contributed by atoms with Gasteiger partial charge in [0.1, 0.15) is 0 Å². The van der Waals surface area contributed by atoms with Crippen LogP contribution in [0.2, 0.25) is 0 Å². The molecule has 3 atom stereocenters. The summed E-state index contributed by atoms with van der Waals surface area (Å²) in [5.41, 5.74) is 0. The summed E-state index contributed by atoms with van der Waals surface area (Å²) >= 11 is 0. The molecule has 64 valence electrons. The average molecular weight is 158 g/mol. The van der Waals surface area contributed by atoms with Gasteiger partial charge in [-0.25, -0.2) is 0 Å². The molecule has 2 fully saturated rings. The van der Waals surface area contributed by atoms with E-state index in [1.54, 1.807) is 0 Å². The van der Waals surface area contributed by atoms with E-state index in [9.17, 15) is 5.11 Å². The minimum atomic E-state index is -0.311. The first kappa shape index (κ1) is 7.53. The minimum Gasteiger partial charge on any atom is -0.391 e. The zero-order valence-corrected chi connectivity index (χ0v) is 6.53. The molecule has 0 aromatic carbocycles. The zero-order valence-electron chi connectivity index (χ0n) is 6.53. The molecule has 0 spiro atoms. The van der Waals surface area contributed by atoms with Crippen molar-refractivity contribution < 1.29 is 14.6 Å². The van der Waals surface area contributed by atoms with Gasteiger partial charge in [-0.3, -0.25) is 0 Å². The van der Waals surface area contributed by atoms with Crippen molar-refractivity contribution in [3.8, 4) is 0 Å². The molecule has 2 heterocycles. The van der Waals surface area contributed by atoms with Crippen LogP contribution in [0.1, 0.15) is 19.3 Å². The Morgan fingerprint density at radius 2 is 2.09 bits per heavy atom. The van der Waals surface area contributed by atoms with Gasteiger partial charge in [0.15, 0.2) is 0 Å². The lowest BCUT2D eigenvalue weighted by Crippen LogP contribution is -2.45. The molecule has 11 heavy (non-hydrogen) atoms. The molecule has 0 aliphatic carbocycles. The summed E-state index contributed by atoms with van der Waals surface area (Å²) in [6, 6.07) is 0. The van der Waals surface area contributed by atoms with Gasteiger partial charge in [-0.1, -0.05) is 0 Å². The zero-order chi connectivity index (χ0) is 7.68. The molecule has 0 radical (unpaired) electrons. The predicted octanol–water partition coefficient (Wildman–Crippen LogP) is 0.315. The van der Waals surface area contributed by atoms with E-state index in [4.69, 9.17) is 9.47 Å². The highest BCUT2D eigenvalue weighted by atomic mass is 16.6. The first-order valence-electron chi connectivity index (χ1n) is 4.27. The Morgan fingerprint density at radius 1 is 1.18 bits per heavy atom. The minimum absolute atomic E-state index is 0.160. The summed E-state index contributed by atoms with van der Waals surface area (Å²) in [7, 11) is 0. The number of aliphatic hydroxyl groups excluding tert-OH is 1. The molecule has 0 amide bonds. The summed E-state index contributed by atoms with van der Waals surface area (Å²) in [6.07, 6.45) is 3.05. The van der Waals surface area contributed by atoms with Gasteiger partial charge in [0.25, 0.3) is 0 Å². The third-order valence-electron chi connectivity index (χ3n) is 2.39. The van der Waals surface area contributed by atoms with Crippen molar-refractivity contribution in [3.63, 3.8) is 0 Å². The molecule has 0 bridgehead atoms. The van der Waals surface area contributed by atoms with Crippen LogP contribution in [-0.4, -0.2) is 36.6 Å². The SMILES string of the molecule is OC1COC2CCCOC2C1. The molecule has 2 saturated heterocycles. The number of fused-ring (bicyclic) bond motifs is 1. The first-order chi connectivity index (χ1) is 5.36. The summed E-state index contributed by atoms with van der Waals surface area (Å²) in [6.45, 7) is 1.32. The molecule has 2 aliphatic heterocycles. The van der Waals surface area contributed by atoms with E-state index in [1.807, 2.05) is 0 Å². The average Bonchev–Trinajstić information content (AvgIpc) is 2.04. The Labute approximate surface area is 66.3 Å². The van der Waals surface area contributed by atoms with Gasteiger partial charge >= 0.3 is 0 Å². The van der Waals surface area contributed by atoms with Gasteiger partial charge in [-0.05, 0) is 12.8 Å². The highest BCUT2D eigenvalue weighted by Crippen LogP contribution is 2.25. The Morgan fingerprint density at radius 3 is 3.00 bits per heavy atom. The number of rotatable bonds is 0. The lowest BCUT2D eigenvalue weighted by Gasteiger charge is -2.37. The summed E-state index contributed by atoms with van der Waals surface area (Å²) in [5.74, 6) is 0. The standard InChI is InChI=1S/C8H14O3/c9-6-4-8-7(11-5-6)2-1-3-10-8/h6-9H,1-5H2. The molecule has 0 aromatic rings. The lowest BCUT2D eigenvalue weighted by atomic mass is 9.98. The van der Waals surface area contributed by atoms with Crippen LogP contribution in [0.5, 0.6) is 0 Å².